The van der Waals surface area contributed by atoms with E-state index in [0.29, 0.717) is 13.2 Å². The van der Waals surface area contributed by atoms with Crippen LogP contribution in [0.5, 0.6) is 0 Å². The van der Waals surface area contributed by atoms with Crippen LogP contribution < -0.4 is 5.32 Å². The number of hydrogen-bond acceptors (Lipinski definition) is 4. The van der Waals surface area contributed by atoms with Crippen molar-refractivity contribution in [2.45, 2.75) is 31.1 Å². The number of carbonyl (C=O) groups is 1. The minimum Gasteiger partial charge on any atom is -0.465 e. The third-order valence-corrected chi connectivity index (χ3v) is 4.05. The Hall–Kier alpha value is -0.660. The van der Waals surface area contributed by atoms with Gasteiger partial charge in [0, 0.05) is 5.25 Å². The molecule has 0 aromatic rings. The fourth-order valence-electron chi connectivity index (χ4n) is 1.78. The molecule has 0 aliphatic carbocycles. The van der Waals surface area contributed by atoms with Gasteiger partial charge >= 0.3 is 5.97 Å². The molecule has 0 radical (unpaired) electrons. The molecule has 1 heterocycles. The zero-order valence-electron chi connectivity index (χ0n) is 9.21. The van der Waals surface area contributed by atoms with Crippen LogP contribution in [0.1, 0.15) is 20.3 Å². The van der Waals surface area contributed by atoms with Crippen molar-refractivity contribution < 1.29 is 9.53 Å². The number of terminal acetylenes is 1. The molecule has 2 atom stereocenters. The second kappa shape index (κ2) is 5.43. The van der Waals surface area contributed by atoms with Crippen LogP contribution in [-0.4, -0.2) is 35.7 Å². The number of carbonyl (C=O) groups excluding carboxylic acids is 1. The molecule has 1 aliphatic rings. The SMILES string of the molecule is C#CCNC1(C(=O)OCC)CCSC1C. The van der Waals surface area contributed by atoms with Gasteiger partial charge in [-0.2, -0.15) is 11.8 Å². The molecule has 15 heavy (non-hydrogen) atoms. The summed E-state index contributed by atoms with van der Waals surface area (Å²) >= 11 is 1.78. The summed E-state index contributed by atoms with van der Waals surface area (Å²) in [5.74, 6) is 3.31. The lowest BCUT2D eigenvalue weighted by atomic mass is 9.92. The first kappa shape index (κ1) is 12.4. The van der Waals surface area contributed by atoms with Crippen molar-refractivity contribution in [2.75, 3.05) is 18.9 Å². The van der Waals surface area contributed by atoms with Gasteiger partial charge in [-0.15, -0.1) is 6.42 Å². The van der Waals surface area contributed by atoms with Gasteiger partial charge in [-0.05, 0) is 19.1 Å². The predicted octanol–water partition coefficient (Wildman–Crippen LogP) is 1.04. The molecule has 1 N–H and O–H groups in total. The lowest BCUT2D eigenvalue weighted by molar-refractivity contribution is -0.150. The minimum absolute atomic E-state index is 0.169. The molecule has 1 aliphatic heterocycles. The van der Waals surface area contributed by atoms with Crippen molar-refractivity contribution >= 4 is 17.7 Å². The summed E-state index contributed by atoms with van der Waals surface area (Å²) in [5, 5.41) is 3.36. The fraction of sp³-hybridized carbons (Fsp3) is 0.727. The van der Waals surface area contributed by atoms with Gasteiger partial charge in [0.15, 0.2) is 0 Å². The van der Waals surface area contributed by atoms with Crippen molar-refractivity contribution in [1.82, 2.24) is 5.32 Å². The summed E-state index contributed by atoms with van der Waals surface area (Å²) in [6.45, 7) is 4.68. The Labute approximate surface area is 95.3 Å². The highest BCUT2D eigenvalue weighted by Crippen LogP contribution is 2.36. The van der Waals surface area contributed by atoms with Crippen LogP contribution in [0.4, 0.5) is 0 Å². The molecule has 0 bridgehead atoms. The minimum atomic E-state index is -0.576. The second-order valence-corrected chi connectivity index (χ2v) is 4.96. The zero-order chi connectivity index (χ0) is 11.3. The third-order valence-electron chi connectivity index (χ3n) is 2.70. The fourth-order valence-corrected chi connectivity index (χ4v) is 3.16. The van der Waals surface area contributed by atoms with Gasteiger partial charge in [0.2, 0.25) is 0 Å². The van der Waals surface area contributed by atoms with Crippen LogP contribution in [0, 0.1) is 12.3 Å². The number of thioether (sulfide) groups is 1. The maximum Gasteiger partial charge on any atom is 0.327 e. The first-order valence-electron chi connectivity index (χ1n) is 5.14. The lowest BCUT2D eigenvalue weighted by Gasteiger charge is -2.30. The predicted molar refractivity (Wildman–Crippen MR) is 62.7 cm³/mol. The monoisotopic (exact) mass is 227 g/mol. The maximum absolute atomic E-state index is 11.9. The highest BCUT2D eigenvalue weighted by atomic mass is 32.2. The molecule has 0 saturated carbocycles. The highest BCUT2D eigenvalue weighted by molar-refractivity contribution is 8.00. The van der Waals surface area contributed by atoms with Crippen LogP contribution in [0.3, 0.4) is 0 Å². The molecule has 4 heteroatoms. The molecule has 1 saturated heterocycles. The summed E-state index contributed by atoms with van der Waals surface area (Å²) in [4.78, 5) is 11.9. The molecule has 1 fully saturated rings. The summed E-state index contributed by atoms with van der Waals surface area (Å²) in [5.41, 5.74) is -0.576. The average molecular weight is 227 g/mol. The van der Waals surface area contributed by atoms with Crippen molar-refractivity contribution in [1.29, 1.82) is 0 Å². The summed E-state index contributed by atoms with van der Waals surface area (Å²) < 4.78 is 5.11. The molecular weight excluding hydrogens is 210 g/mol. The van der Waals surface area contributed by atoms with E-state index >= 15 is 0 Å². The Kier molecular flexibility index (Phi) is 4.49. The Bertz CT molecular complexity index is 274. The van der Waals surface area contributed by atoms with E-state index in [1.54, 1.807) is 11.8 Å². The van der Waals surface area contributed by atoms with Crippen LogP contribution in [0.25, 0.3) is 0 Å². The van der Waals surface area contributed by atoms with Gasteiger partial charge in [-0.25, -0.2) is 0 Å². The molecule has 0 aromatic heterocycles. The van der Waals surface area contributed by atoms with Crippen LogP contribution in [0.15, 0.2) is 0 Å². The Balaban J connectivity index is 2.76. The Morgan fingerprint density at radius 2 is 2.53 bits per heavy atom. The van der Waals surface area contributed by atoms with Crippen molar-refractivity contribution in [3.05, 3.63) is 0 Å². The van der Waals surface area contributed by atoms with E-state index in [1.165, 1.54) is 0 Å². The first-order chi connectivity index (χ1) is 7.17. The Morgan fingerprint density at radius 1 is 1.80 bits per heavy atom. The van der Waals surface area contributed by atoms with Crippen molar-refractivity contribution in [3.8, 4) is 12.3 Å². The summed E-state index contributed by atoms with van der Waals surface area (Å²) in [6.07, 6.45) is 6.00. The van der Waals surface area contributed by atoms with E-state index in [4.69, 9.17) is 11.2 Å². The van der Waals surface area contributed by atoms with Crippen LogP contribution in [0.2, 0.25) is 0 Å². The molecule has 0 amide bonds. The number of esters is 1. The number of hydrogen-bond donors (Lipinski definition) is 1. The zero-order valence-corrected chi connectivity index (χ0v) is 10.0. The van der Waals surface area contributed by atoms with E-state index < -0.39 is 5.54 Å². The number of nitrogens with one attached hydrogen (secondary N) is 1. The van der Waals surface area contributed by atoms with Gasteiger partial charge in [-0.1, -0.05) is 12.8 Å². The van der Waals surface area contributed by atoms with Gasteiger partial charge in [0.25, 0.3) is 0 Å². The average Bonchev–Trinajstić information content (AvgIpc) is 2.58. The molecular formula is C11H17NO2S. The number of rotatable bonds is 4. The van der Waals surface area contributed by atoms with Crippen molar-refractivity contribution in [3.63, 3.8) is 0 Å². The molecule has 0 aromatic carbocycles. The summed E-state index contributed by atoms with van der Waals surface area (Å²) in [7, 11) is 0. The third kappa shape index (κ3) is 2.47. The van der Waals surface area contributed by atoms with Crippen molar-refractivity contribution in [2.24, 2.45) is 0 Å². The van der Waals surface area contributed by atoms with Crippen LogP contribution >= 0.6 is 11.8 Å². The molecule has 3 nitrogen and oxygen atoms in total. The van der Waals surface area contributed by atoms with E-state index in [-0.39, 0.29) is 11.2 Å². The van der Waals surface area contributed by atoms with E-state index in [9.17, 15) is 4.79 Å². The Morgan fingerprint density at radius 3 is 3.00 bits per heavy atom. The van der Waals surface area contributed by atoms with Gasteiger partial charge < -0.3 is 4.74 Å². The maximum atomic E-state index is 11.9. The van der Waals surface area contributed by atoms with Gasteiger partial charge in [0.1, 0.15) is 5.54 Å². The lowest BCUT2D eigenvalue weighted by Crippen LogP contribution is -2.56. The quantitative estimate of drug-likeness (QED) is 0.575. The first-order valence-corrected chi connectivity index (χ1v) is 6.19. The standard InChI is InChI=1S/C11H17NO2S/c1-4-7-12-11(10(13)14-5-2)6-8-15-9(11)3/h1,9,12H,5-8H2,2-3H3. The molecule has 2 unspecified atom stereocenters. The normalized spacial score (nSPS) is 29.8. The highest BCUT2D eigenvalue weighted by Gasteiger charge is 2.48. The smallest absolute Gasteiger partial charge is 0.327 e. The van der Waals surface area contributed by atoms with Gasteiger partial charge in [0.05, 0.1) is 13.2 Å². The van der Waals surface area contributed by atoms with Crippen LogP contribution in [-0.2, 0) is 9.53 Å². The van der Waals surface area contributed by atoms with Gasteiger partial charge in [-0.3, -0.25) is 10.1 Å². The summed E-state index contributed by atoms with van der Waals surface area (Å²) in [6, 6.07) is 0. The molecule has 84 valence electrons. The second-order valence-electron chi connectivity index (χ2n) is 3.51. The molecule has 0 spiro atoms. The largest absolute Gasteiger partial charge is 0.465 e. The topological polar surface area (TPSA) is 38.3 Å². The van der Waals surface area contributed by atoms with E-state index in [0.717, 1.165) is 12.2 Å². The van der Waals surface area contributed by atoms with E-state index in [2.05, 4.69) is 11.2 Å². The number of ether oxygens (including phenoxy) is 1. The van der Waals surface area contributed by atoms with E-state index in [1.807, 2.05) is 13.8 Å². The molecule has 1 rings (SSSR count).